The molecule has 0 atom stereocenters. The molecule has 5 nitrogen and oxygen atoms in total. The first kappa shape index (κ1) is 21.3. The Morgan fingerprint density at radius 1 is 0.806 bits per heavy atom. The molecule has 0 aliphatic carbocycles. The first-order valence-corrected chi connectivity index (χ1v) is 11.1. The summed E-state index contributed by atoms with van der Waals surface area (Å²) in [5.74, 6) is -0.144. The van der Waals surface area contributed by atoms with Gasteiger partial charge in [-0.25, -0.2) is 4.98 Å². The number of benzene rings is 3. The number of carbonyl (C=O) groups is 1. The van der Waals surface area contributed by atoms with Crippen molar-refractivity contribution in [2.75, 3.05) is 11.1 Å². The molecule has 4 rings (SSSR count). The van der Waals surface area contributed by atoms with Gasteiger partial charge in [0.15, 0.2) is 0 Å². The average molecular weight is 467 g/mol. The summed E-state index contributed by atoms with van der Waals surface area (Å²) in [5, 5.41) is 12.5. The van der Waals surface area contributed by atoms with Gasteiger partial charge in [-0.1, -0.05) is 102 Å². The molecule has 1 amide bonds. The van der Waals surface area contributed by atoms with Gasteiger partial charge in [0.25, 0.3) is 0 Å². The molecule has 1 N–H and O–H groups in total. The van der Waals surface area contributed by atoms with E-state index in [1.54, 1.807) is 18.2 Å². The summed E-state index contributed by atoms with van der Waals surface area (Å²) in [6.07, 6.45) is 0. The van der Waals surface area contributed by atoms with Crippen LogP contribution >= 0.6 is 35.0 Å². The number of hydrogen-bond acceptors (Lipinski definition) is 5. The molecular formula is C23H16Cl2N4OS. The molecule has 8 heteroatoms. The molecule has 0 spiro atoms. The summed E-state index contributed by atoms with van der Waals surface area (Å²) in [7, 11) is 0. The lowest BCUT2D eigenvalue weighted by Crippen LogP contribution is -2.15. The SMILES string of the molecule is O=C(CSc1nnc(-c2ccccc2)c(-c2ccccc2)n1)Nc1cccc(Cl)c1Cl. The molecule has 1 heterocycles. The minimum Gasteiger partial charge on any atom is -0.324 e. The fraction of sp³-hybridized carbons (Fsp3) is 0.0435. The van der Waals surface area contributed by atoms with Crippen LogP contribution in [0.1, 0.15) is 0 Å². The maximum atomic E-state index is 12.4. The molecule has 0 bridgehead atoms. The van der Waals surface area contributed by atoms with Gasteiger partial charge in [-0.3, -0.25) is 4.79 Å². The number of anilines is 1. The number of thioether (sulfide) groups is 1. The Morgan fingerprint density at radius 2 is 1.45 bits per heavy atom. The standard InChI is InChI=1S/C23H16Cl2N4OS/c24-17-12-7-13-18(20(17)25)26-19(30)14-31-23-27-21(15-8-3-1-4-9-15)22(28-29-23)16-10-5-2-6-11-16/h1-13H,14H2,(H,26,30). The van der Waals surface area contributed by atoms with Gasteiger partial charge in [0.05, 0.1) is 21.5 Å². The Kier molecular flexibility index (Phi) is 6.82. The summed E-state index contributed by atoms with van der Waals surface area (Å²) in [6, 6.07) is 24.6. The molecule has 3 aromatic carbocycles. The maximum Gasteiger partial charge on any atom is 0.234 e. The van der Waals surface area contributed by atoms with Crippen molar-refractivity contribution in [3.63, 3.8) is 0 Å². The van der Waals surface area contributed by atoms with E-state index in [-0.39, 0.29) is 11.7 Å². The van der Waals surface area contributed by atoms with Crippen molar-refractivity contribution in [2.24, 2.45) is 0 Å². The molecule has 0 aliphatic rings. The molecular weight excluding hydrogens is 451 g/mol. The predicted octanol–water partition coefficient (Wildman–Crippen LogP) is 6.24. The zero-order valence-corrected chi connectivity index (χ0v) is 18.5. The highest BCUT2D eigenvalue weighted by atomic mass is 35.5. The highest BCUT2D eigenvalue weighted by Gasteiger charge is 2.15. The van der Waals surface area contributed by atoms with E-state index in [4.69, 9.17) is 28.2 Å². The van der Waals surface area contributed by atoms with Gasteiger partial charge < -0.3 is 5.32 Å². The second-order valence-corrected chi connectivity index (χ2v) is 8.19. The van der Waals surface area contributed by atoms with Gasteiger partial charge in [-0.05, 0) is 12.1 Å². The molecule has 31 heavy (non-hydrogen) atoms. The van der Waals surface area contributed by atoms with Crippen LogP contribution in [0.4, 0.5) is 5.69 Å². The number of hydrogen-bond donors (Lipinski definition) is 1. The van der Waals surface area contributed by atoms with Crippen molar-refractivity contribution in [1.82, 2.24) is 15.2 Å². The highest BCUT2D eigenvalue weighted by molar-refractivity contribution is 7.99. The van der Waals surface area contributed by atoms with Crippen molar-refractivity contribution < 1.29 is 4.79 Å². The summed E-state index contributed by atoms with van der Waals surface area (Å²) >= 11 is 13.3. The Balaban J connectivity index is 1.55. The number of nitrogens with zero attached hydrogens (tertiary/aromatic N) is 3. The Hall–Kier alpha value is -2.93. The number of amides is 1. The van der Waals surface area contributed by atoms with Crippen LogP contribution in [0.25, 0.3) is 22.5 Å². The Morgan fingerprint density at radius 3 is 2.13 bits per heavy atom. The third-order valence-electron chi connectivity index (χ3n) is 4.32. The first-order valence-electron chi connectivity index (χ1n) is 9.34. The highest BCUT2D eigenvalue weighted by Crippen LogP contribution is 2.31. The van der Waals surface area contributed by atoms with Crippen molar-refractivity contribution in [2.45, 2.75) is 5.16 Å². The quantitative estimate of drug-likeness (QED) is 0.340. The number of halogens is 2. The fourth-order valence-corrected chi connectivity index (χ4v) is 3.81. The summed E-state index contributed by atoms with van der Waals surface area (Å²) < 4.78 is 0. The fourth-order valence-electron chi connectivity index (χ4n) is 2.88. The topological polar surface area (TPSA) is 67.8 Å². The lowest BCUT2D eigenvalue weighted by Gasteiger charge is -2.10. The molecule has 0 saturated carbocycles. The minimum atomic E-state index is -0.244. The van der Waals surface area contributed by atoms with Crippen molar-refractivity contribution in [3.8, 4) is 22.5 Å². The summed E-state index contributed by atoms with van der Waals surface area (Å²) in [4.78, 5) is 17.1. The minimum absolute atomic E-state index is 0.101. The second-order valence-electron chi connectivity index (χ2n) is 6.46. The molecule has 0 unspecified atom stereocenters. The maximum absolute atomic E-state index is 12.4. The van der Waals surface area contributed by atoms with E-state index in [9.17, 15) is 4.79 Å². The third kappa shape index (κ3) is 5.22. The molecule has 0 radical (unpaired) electrons. The van der Waals surface area contributed by atoms with Crippen LogP contribution in [0, 0.1) is 0 Å². The van der Waals surface area contributed by atoms with Crippen molar-refractivity contribution in [1.29, 1.82) is 0 Å². The lowest BCUT2D eigenvalue weighted by molar-refractivity contribution is -0.113. The van der Waals surface area contributed by atoms with E-state index >= 15 is 0 Å². The summed E-state index contributed by atoms with van der Waals surface area (Å²) in [6.45, 7) is 0. The first-order chi connectivity index (χ1) is 15.1. The number of nitrogens with one attached hydrogen (secondary N) is 1. The van der Waals surface area contributed by atoms with Gasteiger partial charge in [0, 0.05) is 11.1 Å². The smallest absolute Gasteiger partial charge is 0.234 e. The zero-order chi connectivity index (χ0) is 21.6. The van der Waals surface area contributed by atoms with Gasteiger partial charge in [0.2, 0.25) is 11.1 Å². The van der Waals surface area contributed by atoms with Crippen LogP contribution in [-0.4, -0.2) is 26.8 Å². The van der Waals surface area contributed by atoms with Gasteiger partial charge in [-0.15, -0.1) is 10.2 Å². The molecule has 0 aliphatic heterocycles. The molecule has 4 aromatic rings. The van der Waals surface area contributed by atoms with Crippen LogP contribution in [0.3, 0.4) is 0 Å². The van der Waals surface area contributed by atoms with Crippen LogP contribution in [0.2, 0.25) is 10.0 Å². The average Bonchev–Trinajstić information content (AvgIpc) is 2.82. The van der Waals surface area contributed by atoms with E-state index in [0.29, 0.717) is 32.3 Å². The van der Waals surface area contributed by atoms with E-state index in [1.165, 1.54) is 11.8 Å². The second kappa shape index (κ2) is 9.92. The zero-order valence-electron chi connectivity index (χ0n) is 16.1. The Bertz CT molecular complexity index is 1210. The van der Waals surface area contributed by atoms with Gasteiger partial charge in [0.1, 0.15) is 11.4 Å². The van der Waals surface area contributed by atoms with E-state index in [1.807, 2.05) is 60.7 Å². The van der Waals surface area contributed by atoms with Crippen LogP contribution in [0.15, 0.2) is 84.0 Å². The van der Waals surface area contributed by atoms with Crippen molar-refractivity contribution in [3.05, 3.63) is 88.9 Å². The normalized spacial score (nSPS) is 10.6. The van der Waals surface area contributed by atoms with E-state index < -0.39 is 0 Å². The Labute approximate surface area is 193 Å². The monoisotopic (exact) mass is 466 g/mol. The largest absolute Gasteiger partial charge is 0.324 e. The number of aromatic nitrogens is 3. The van der Waals surface area contributed by atoms with Crippen LogP contribution in [-0.2, 0) is 4.79 Å². The van der Waals surface area contributed by atoms with Crippen LogP contribution < -0.4 is 5.32 Å². The molecule has 0 fully saturated rings. The van der Waals surface area contributed by atoms with Gasteiger partial charge in [-0.2, -0.15) is 0 Å². The summed E-state index contributed by atoms with van der Waals surface area (Å²) in [5.41, 5.74) is 3.71. The molecule has 1 aromatic heterocycles. The molecule has 0 saturated heterocycles. The molecule has 154 valence electrons. The number of carbonyl (C=O) groups excluding carboxylic acids is 1. The van der Waals surface area contributed by atoms with Gasteiger partial charge >= 0.3 is 0 Å². The third-order valence-corrected chi connectivity index (χ3v) is 5.98. The van der Waals surface area contributed by atoms with E-state index in [0.717, 1.165) is 11.1 Å². The van der Waals surface area contributed by atoms with Crippen molar-refractivity contribution >= 4 is 46.6 Å². The predicted molar refractivity (Wildman–Crippen MR) is 127 cm³/mol. The van der Waals surface area contributed by atoms with Crippen LogP contribution in [0.5, 0.6) is 0 Å². The number of rotatable bonds is 6. The van der Waals surface area contributed by atoms with E-state index in [2.05, 4.69) is 15.5 Å². The lowest BCUT2D eigenvalue weighted by atomic mass is 10.0.